The number of hydrogen-bond donors (Lipinski definition) is 0. The van der Waals surface area contributed by atoms with Crippen LogP contribution in [0.15, 0.2) is 39.5 Å². The number of para-hydroxylation sites is 1. The van der Waals surface area contributed by atoms with Crippen molar-refractivity contribution in [2.24, 2.45) is 0 Å². The van der Waals surface area contributed by atoms with E-state index < -0.39 is 0 Å². The zero-order valence-electron chi connectivity index (χ0n) is 18.7. The predicted molar refractivity (Wildman–Crippen MR) is 126 cm³/mol. The predicted octanol–water partition coefficient (Wildman–Crippen LogP) is 8.60. The van der Waals surface area contributed by atoms with Gasteiger partial charge in [0.1, 0.15) is 11.3 Å². The second-order valence-electron chi connectivity index (χ2n) is 8.63. The van der Waals surface area contributed by atoms with E-state index in [2.05, 4.69) is 6.92 Å². The molecule has 2 nitrogen and oxygen atoms in total. The van der Waals surface area contributed by atoms with Gasteiger partial charge in [0.15, 0.2) is 5.43 Å². The van der Waals surface area contributed by atoms with Gasteiger partial charge in [0.05, 0.1) is 5.39 Å². The number of hydrogen-bond acceptors (Lipinski definition) is 2. The third kappa shape index (κ3) is 10.1. The van der Waals surface area contributed by atoms with Crippen LogP contribution in [0.4, 0.5) is 0 Å². The summed E-state index contributed by atoms with van der Waals surface area (Å²) in [7, 11) is 0. The fraction of sp³-hybridized carbons (Fsp3) is 0.667. The molecule has 0 N–H and O–H groups in total. The summed E-state index contributed by atoms with van der Waals surface area (Å²) >= 11 is 0. The molecule has 0 amide bonds. The third-order valence-corrected chi connectivity index (χ3v) is 5.96. The molecule has 0 aliphatic carbocycles. The van der Waals surface area contributed by atoms with Crippen molar-refractivity contribution in [3.8, 4) is 0 Å². The highest BCUT2D eigenvalue weighted by Crippen LogP contribution is 2.16. The van der Waals surface area contributed by atoms with E-state index in [0.717, 1.165) is 18.6 Å². The Kier molecular flexibility index (Phi) is 12.5. The van der Waals surface area contributed by atoms with Crippen molar-refractivity contribution >= 4 is 11.0 Å². The molecule has 1 aromatic heterocycles. The van der Waals surface area contributed by atoms with E-state index in [1.165, 1.54) is 96.3 Å². The minimum absolute atomic E-state index is 0.0818. The second-order valence-corrected chi connectivity index (χ2v) is 8.63. The third-order valence-electron chi connectivity index (χ3n) is 5.96. The summed E-state index contributed by atoms with van der Waals surface area (Å²) in [6.07, 6.45) is 22.9. The Hall–Kier alpha value is -1.57. The van der Waals surface area contributed by atoms with Crippen LogP contribution in [0, 0.1) is 0 Å². The molecule has 1 aromatic carbocycles. The van der Waals surface area contributed by atoms with E-state index in [-0.39, 0.29) is 5.43 Å². The molecule has 0 aliphatic rings. The molecule has 0 saturated carbocycles. The van der Waals surface area contributed by atoms with Crippen LogP contribution in [0.25, 0.3) is 11.0 Å². The quantitative estimate of drug-likeness (QED) is 0.250. The van der Waals surface area contributed by atoms with Crippen molar-refractivity contribution in [3.05, 3.63) is 46.3 Å². The van der Waals surface area contributed by atoms with Gasteiger partial charge in [0, 0.05) is 12.5 Å². The van der Waals surface area contributed by atoms with Gasteiger partial charge in [-0.15, -0.1) is 0 Å². The number of fused-ring (bicyclic) bond motifs is 1. The molecule has 2 heteroatoms. The maximum Gasteiger partial charge on any atom is 0.192 e. The van der Waals surface area contributed by atoms with Crippen molar-refractivity contribution < 1.29 is 4.42 Å². The van der Waals surface area contributed by atoms with Crippen molar-refractivity contribution in [2.75, 3.05) is 0 Å². The van der Waals surface area contributed by atoms with Crippen molar-refractivity contribution in [1.29, 1.82) is 0 Å². The van der Waals surface area contributed by atoms with Gasteiger partial charge in [-0.05, 0) is 18.6 Å². The standard InChI is InChI=1S/C27H42O2/c1-2-3-4-5-6-7-8-9-10-11-12-13-14-15-16-17-20-24-23-26(28)25-21-18-19-22-27(25)29-24/h18-19,21-23H,2-17,20H2,1H3. The fourth-order valence-electron chi connectivity index (χ4n) is 4.12. The van der Waals surface area contributed by atoms with Crippen LogP contribution in [-0.4, -0.2) is 0 Å². The van der Waals surface area contributed by atoms with Gasteiger partial charge in [0.2, 0.25) is 0 Å². The highest BCUT2D eigenvalue weighted by atomic mass is 16.3. The SMILES string of the molecule is CCCCCCCCCCCCCCCCCCc1cc(=O)c2ccccc2o1. The fourth-order valence-corrected chi connectivity index (χ4v) is 4.12. The van der Waals surface area contributed by atoms with E-state index in [1.54, 1.807) is 6.07 Å². The zero-order valence-corrected chi connectivity index (χ0v) is 18.7. The normalized spacial score (nSPS) is 11.3. The summed E-state index contributed by atoms with van der Waals surface area (Å²) in [5.41, 5.74) is 0.796. The van der Waals surface area contributed by atoms with Gasteiger partial charge < -0.3 is 4.42 Å². The van der Waals surface area contributed by atoms with Gasteiger partial charge in [0.25, 0.3) is 0 Å². The highest BCUT2D eigenvalue weighted by molar-refractivity contribution is 5.76. The van der Waals surface area contributed by atoms with Gasteiger partial charge in [-0.3, -0.25) is 4.79 Å². The number of rotatable bonds is 17. The van der Waals surface area contributed by atoms with Gasteiger partial charge in [-0.2, -0.15) is 0 Å². The molecular weight excluding hydrogens is 356 g/mol. The lowest BCUT2D eigenvalue weighted by Crippen LogP contribution is -2.02. The lowest BCUT2D eigenvalue weighted by Gasteiger charge is -2.04. The average Bonchev–Trinajstić information content (AvgIpc) is 2.73. The molecule has 1 heterocycles. The van der Waals surface area contributed by atoms with Crippen LogP contribution in [0.1, 0.15) is 115 Å². The molecule has 0 unspecified atom stereocenters. The lowest BCUT2D eigenvalue weighted by atomic mass is 10.0. The molecule has 0 aliphatic heterocycles. The first-order chi connectivity index (χ1) is 14.3. The highest BCUT2D eigenvalue weighted by Gasteiger charge is 2.04. The lowest BCUT2D eigenvalue weighted by molar-refractivity contribution is 0.504. The Labute approximate surface area is 178 Å². The maximum atomic E-state index is 12.1. The van der Waals surface area contributed by atoms with E-state index in [9.17, 15) is 4.79 Å². The van der Waals surface area contributed by atoms with Gasteiger partial charge >= 0.3 is 0 Å². The molecule has 2 aromatic rings. The molecule has 0 radical (unpaired) electrons. The summed E-state index contributed by atoms with van der Waals surface area (Å²) in [6, 6.07) is 9.19. The summed E-state index contributed by atoms with van der Waals surface area (Å²) < 4.78 is 5.87. The maximum absolute atomic E-state index is 12.1. The molecule has 0 spiro atoms. The minimum Gasteiger partial charge on any atom is -0.461 e. The van der Waals surface area contributed by atoms with E-state index in [1.807, 2.05) is 24.3 Å². The zero-order chi connectivity index (χ0) is 20.6. The molecule has 2 rings (SSSR count). The second kappa shape index (κ2) is 15.3. The molecule has 0 fully saturated rings. The molecule has 0 saturated heterocycles. The minimum atomic E-state index is 0.0818. The van der Waals surface area contributed by atoms with E-state index >= 15 is 0 Å². The first kappa shape index (κ1) is 23.7. The van der Waals surface area contributed by atoms with Crippen LogP contribution >= 0.6 is 0 Å². The Balaban J connectivity index is 1.40. The van der Waals surface area contributed by atoms with Crippen LogP contribution < -0.4 is 5.43 Å². The Bertz CT molecular complexity index is 716. The topological polar surface area (TPSA) is 30.2 Å². The Morgan fingerprint density at radius 2 is 1.14 bits per heavy atom. The van der Waals surface area contributed by atoms with E-state index in [0.29, 0.717) is 11.0 Å². The first-order valence-corrected chi connectivity index (χ1v) is 12.3. The molecular formula is C27H42O2. The molecule has 0 bridgehead atoms. The Morgan fingerprint density at radius 1 is 0.655 bits per heavy atom. The van der Waals surface area contributed by atoms with Crippen LogP contribution in [0.3, 0.4) is 0 Å². The number of aryl methyl sites for hydroxylation is 1. The van der Waals surface area contributed by atoms with Crippen LogP contribution in [0.2, 0.25) is 0 Å². The average molecular weight is 399 g/mol. The monoisotopic (exact) mass is 398 g/mol. The molecule has 0 atom stereocenters. The molecule has 29 heavy (non-hydrogen) atoms. The van der Waals surface area contributed by atoms with Crippen LogP contribution in [-0.2, 0) is 6.42 Å². The number of unbranched alkanes of at least 4 members (excludes halogenated alkanes) is 15. The Morgan fingerprint density at radius 3 is 1.69 bits per heavy atom. The van der Waals surface area contributed by atoms with Crippen LogP contribution in [0.5, 0.6) is 0 Å². The summed E-state index contributed by atoms with van der Waals surface area (Å²) in [5, 5.41) is 0.684. The molecule has 162 valence electrons. The summed E-state index contributed by atoms with van der Waals surface area (Å²) in [5.74, 6) is 0.832. The van der Waals surface area contributed by atoms with Gasteiger partial charge in [-0.25, -0.2) is 0 Å². The van der Waals surface area contributed by atoms with Crippen molar-refractivity contribution in [2.45, 2.75) is 116 Å². The smallest absolute Gasteiger partial charge is 0.192 e. The van der Waals surface area contributed by atoms with Crippen molar-refractivity contribution in [3.63, 3.8) is 0 Å². The van der Waals surface area contributed by atoms with E-state index in [4.69, 9.17) is 4.42 Å². The van der Waals surface area contributed by atoms with Crippen molar-refractivity contribution in [1.82, 2.24) is 0 Å². The first-order valence-electron chi connectivity index (χ1n) is 12.3. The van der Waals surface area contributed by atoms with Gasteiger partial charge in [-0.1, -0.05) is 115 Å². The number of benzene rings is 1. The summed E-state index contributed by atoms with van der Waals surface area (Å²) in [4.78, 5) is 12.1. The summed E-state index contributed by atoms with van der Waals surface area (Å²) in [6.45, 7) is 2.28. The largest absolute Gasteiger partial charge is 0.461 e.